The molecular formula is C31H35F2N5O2. The van der Waals surface area contributed by atoms with E-state index in [1.54, 1.807) is 18.2 Å². The first-order chi connectivity index (χ1) is 19.5. The Balaban J connectivity index is 1.22. The van der Waals surface area contributed by atoms with Crippen LogP contribution in [-0.2, 0) is 0 Å². The number of anilines is 1. The number of alkyl halides is 1. The van der Waals surface area contributed by atoms with Gasteiger partial charge in [-0.3, -0.25) is 4.90 Å². The molecule has 5 heterocycles. The Kier molecular flexibility index (Phi) is 5.71. The summed E-state index contributed by atoms with van der Waals surface area (Å²) in [6, 6.07) is 9.89. The lowest BCUT2D eigenvalue weighted by atomic mass is 9.95. The Labute approximate surface area is 232 Å². The number of phenolic OH excluding ortho intramolecular Hbond substituents is 1. The van der Waals surface area contributed by atoms with E-state index in [1.165, 1.54) is 0 Å². The number of hydrogen-bond acceptors (Lipinski definition) is 7. The van der Waals surface area contributed by atoms with E-state index < -0.39 is 12.0 Å². The SMILES string of the molecule is Oc1ccc(C2CC2)c(-c2ccc3c(N4CC5CCC(C4)N5)nc(OC[C@@]45CCCN4C[C@H](F)C5)nc3c2F)c1. The van der Waals surface area contributed by atoms with Gasteiger partial charge in [0.2, 0.25) is 0 Å². The lowest BCUT2D eigenvalue weighted by Crippen LogP contribution is -2.51. The molecule has 210 valence electrons. The molecule has 2 bridgehead atoms. The number of nitrogens with one attached hydrogen (secondary N) is 1. The Morgan fingerprint density at radius 1 is 1.02 bits per heavy atom. The Hall–Kier alpha value is -3.04. The summed E-state index contributed by atoms with van der Waals surface area (Å²) in [6.07, 6.45) is 5.89. The van der Waals surface area contributed by atoms with E-state index in [9.17, 15) is 9.50 Å². The summed E-state index contributed by atoms with van der Waals surface area (Å²) in [7, 11) is 0. The first kappa shape index (κ1) is 24.7. The van der Waals surface area contributed by atoms with Gasteiger partial charge in [0.05, 0.1) is 5.54 Å². The van der Waals surface area contributed by atoms with Crippen molar-refractivity contribution in [2.45, 2.75) is 74.7 Å². The molecular weight excluding hydrogens is 512 g/mol. The number of ether oxygens (including phenoxy) is 1. The van der Waals surface area contributed by atoms with Crippen LogP contribution in [0.5, 0.6) is 11.8 Å². The summed E-state index contributed by atoms with van der Waals surface area (Å²) in [5.41, 5.74) is 2.09. The van der Waals surface area contributed by atoms with Gasteiger partial charge in [-0.25, -0.2) is 8.78 Å². The standard InChI is InChI=1S/C31H35F2N5O2/c32-19-13-31(10-1-11-38(31)14-19)17-40-30-35-28-25(29(36-30)37-15-20-4-5-21(16-37)34-20)9-8-24(27(28)33)26-12-22(39)6-7-23(26)18-2-3-18/h6-9,12,18-21,34,39H,1-5,10-11,13-17H2/t19-,20?,21?,31+/m1/s1. The molecule has 40 heavy (non-hydrogen) atoms. The molecule has 4 saturated heterocycles. The molecule has 0 amide bonds. The second-order valence-corrected chi connectivity index (χ2v) is 12.6. The summed E-state index contributed by atoms with van der Waals surface area (Å²) in [6.45, 7) is 3.21. The third-order valence-electron chi connectivity index (χ3n) is 9.86. The molecule has 9 heteroatoms. The van der Waals surface area contributed by atoms with Crippen LogP contribution < -0.4 is 15.0 Å². The van der Waals surface area contributed by atoms with E-state index in [0.29, 0.717) is 59.9 Å². The number of hydrogen-bond donors (Lipinski definition) is 2. The Morgan fingerprint density at radius 2 is 1.85 bits per heavy atom. The maximum atomic E-state index is 16.5. The number of rotatable bonds is 6. The van der Waals surface area contributed by atoms with Gasteiger partial charge in [-0.1, -0.05) is 12.1 Å². The van der Waals surface area contributed by atoms with E-state index >= 15 is 4.39 Å². The number of aromatic hydroxyl groups is 1. The van der Waals surface area contributed by atoms with Crippen LogP contribution in [0.4, 0.5) is 14.6 Å². The number of piperazine rings is 1. The van der Waals surface area contributed by atoms with Crippen LogP contribution in [0.3, 0.4) is 0 Å². The minimum atomic E-state index is -0.851. The lowest BCUT2D eigenvalue weighted by molar-refractivity contribution is 0.107. The minimum Gasteiger partial charge on any atom is -0.508 e. The highest BCUT2D eigenvalue weighted by Gasteiger charge is 2.49. The lowest BCUT2D eigenvalue weighted by Gasteiger charge is -2.34. The van der Waals surface area contributed by atoms with Gasteiger partial charge in [0, 0.05) is 49.1 Å². The van der Waals surface area contributed by atoms with Gasteiger partial charge in [0.25, 0.3) is 0 Å². The van der Waals surface area contributed by atoms with E-state index in [1.807, 2.05) is 12.1 Å². The summed E-state index contributed by atoms with van der Waals surface area (Å²) in [5.74, 6) is 0.770. The Bertz CT molecular complexity index is 1470. The van der Waals surface area contributed by atoms with Gasteiger partial charge < -0.3 is 20.1 Å². The quantitative estimate of drug-likeness (QED) is 0.454. The average Bonchev–Trinajstić information content (AvgIpc) is 3.54. The zero-order chi connectivity index (χ0) is 27.0. The smallest absolute Gasteiger partial charge is 0.319 e. The molecule has 2 unspecified atom stereocenters. The zero-order valence-electron chi connectivity index (χ0n) is 22.6. The molecule has 2 N–H and O–H groups in total. The minimum absolute atomic E-state index is 0.116. The van der Waals surface area contributed by atoms with Crippen LogP contribution >= 0.6 is 0 Å². The molecule has 1 aromatic heterocycles. The summed E-state index contributed by atoms with van der Waals surface area (Å²) in [4.78, 5) is 14.0. The van der Waals surface area contributed by atoms with Crippen molar-refractivity contribution in [1.82, 2.24) is 20.2 Å². The number of halogens is 2. The van der Waals surface area contributed by atoms with Crippen LogP contribution in [0, 0.1) is 5.82 Å². The van der Waals surface area contributed by atoms with Crippen molar-refractivity contribution in [3.63, 3.8) is 0 Å². The van der Waals surface area contributed by atoms with Crippen molar-refractivity contribution in [1.29, 1.82) is 0 Å². The van der Waals surface area contributed by atoms with Gasteiger partial charge >= 0.3 is 6.01 Å². The molecule has 4 aliphatic heterocycles. The molecule has 5 fully saturated rings. The van der Waals surface area contributed by atoms with Gasteiger partial charge in [-0.05, 0) is 80.3 Å². The van der Waals surface area contributed by atoms with E-state index in [4.69, 9.17) is 9.72 Å². The topological polar surface area (TPSA) is 73.8 Å². The summed E-state index contributed by atoms with van der Waals surface area (Å²) >= 11 is 0. The number of nitrogens with zero attached hydrogens (tertiary/aromatic N) is 4. The summed E-state index contributed by atoms with van der Waals surface area (Å²) in [5, 5.41) is 14.6. The van der Waals surface area contributed by atoms with Crippen LogP contribution in [0.2, 0.25) is 0 Å². The highest BCUT2D eigenvalue weighted by atomic mass is 19.1. The molecule has 4 atom stereocenters. The molecule has 7 nitrogen and oxygen atoms in total. The van der Waals surface area contributed by atoms with Crippen molar-refractivity contribution < 1.29 is 18.6 Å². The largest absolute Gasteiger partial charge is 0.508 e. The fraction of sp³-hybridized carbons (Fsp3) is 0.548. The van der Waals surface area contributed by atoms with E-state index in [0.717, 1.165) is 63.7 Å². The zero-order valence-corrected chi connectivity index (χ0v) is 22.6. The van der Waals surface area contributed by atoms with Crippen molar-refractivity contribution >= 4 is 16.7 Å². The van der Waals surface area contributed by atoms with E-state index in [-0.39, 0.29) is 22.8 Å². The second-order valence-electron chi connectivity index (χ2n) is 12.6. The number of fused-ring (bicyclic) bond motifs is 4. The van der Waals surface area contributed by atoms with Gasteiger partial charge in [-0.15, -0.1) is 0 Å². The average molecular weight is 548 g/mol. The Morgan fingerprint density at radius 3 is 2.65 bits per heavy atom. The maximum absolute atomic E-state index is 16.5. The molecule has 1 aliphatic carbocycles. The fourth-order valence-electron chi connectivity index (χ4n) is 7.78. The van der Waals surface area contributed by atoms with Gasteiger partial charge in [-0.2, -0.15) is 9.97 Å². The van der Waals surface area contributed by atoms with Crippen molar-refractivity contribution in [3.8, 4) is 22.9 Å². The predicted octanol–water partition coefficient (Wildman–Crippen LogP) is 4.91. The van der Waals surface area contributed by atoms with Crippen molar-refractivity contribution in [3.05, 3.63) is 41.7 Å². The fourth-order valence-corrected chi connectivity index (χ4v) is 7.78. The normalized spacial score (nSPS) is 29.9. The third kappa shape index (κ3) is 4.12. The number of aromatic nitrogens is 2. The third-order valence-corrected chi connectivity index (χ3v) is 9.86. The maximum Gasteiger partial charge on any atom is 0.319 e. The molecule has 0 radical (unpaired) electrons. The molecule has 2 aromatic carbocycles. The second kappa shape index (κ2) is 9.24. The van der Waals surface area contributed by atoms with Gasteiger partial charge in [0.15, 0.2) is 5.82 Å². The number of phenols is 1. The molecule has 8 rings (SSSR count). The molecule has 1 saturated carbocycles. The first-order valence-corrected chi connectivity index (χ1v) is 14.8. The van der Waals surface area contributed by atoms with Crippen LogP contribution in [0.15, 0.2) is 30.3 Å². The highest BCUT2D eigenvalue weighted by Crippen LogP contribution is 2.47. The van der Waals surface area contributed by atoms with Crippen LogP contribution in [-0.4, -0.2) is 76.6 Å². The summed E-state index contributed by atoms with van der Waals surface area (Å²) < 4.78 is 37.2. The van der Waals surface area contributed by atoms with Crippen molar-refractivity contribution in [2.75, 3.05) is 37.7 Å². The van der Waals surface area contributed by atoms with E-state index in [2.05, 4.69) is 20.1 Å². The van der Waals surface area contributed by atoms with Crippen LogP contribution in [0.25, 0.3) is 22.0 Å². The van der Waals surface area contributed by atoms with Gasteiger partial charge in [0.1, 0.15) is 29.9 Å². The molecule has 3 aromatic rings. The number of benzene rings is 2. The van der Waals surface area contributed by atoms with Crippen LogP contribution in [0.1, 0.15) is 56.4 Å². The molecule has 5 aliphatic rings. The molecule has 0 spiro atoms. The highest BCUT2D eigenvalue weighted by molar-refractivity contribution is 5.94. The predicted molar refractivity (Wildman–Crippen MR) is 149 cm³/mol. The monoisotopic (exact) mass is 547 g/mol. The first-order valence-electron chi connectivity index (χ1n) is 14.8. The van der Waals surface area contributed by atoms with Crippen molar-refractivity contribution in [2.24, 2.45) is 0 Å².